The minimum absolute atomic E-state index is 0.0532. The average molecular weight is 493 g/mol. The zero-order chi connectivity index (χ0) is 24.7. The van der Waals surface area contributed by atoms with Crippen molar-refractivity contribution in [2.24, 2.45) is 0 Å². The van der Waals surface area contributed by atoms with E-state index in [1.54, 1.807) is 6.92 Å². The highest BCUT2D eigenvalue weighted by Crippen LogP contribution is 2.36. The molecule has 0 spiro atoms. The topological polar surface area (TPSA) is 73.7 Å². The number of piperazine rings is 1. The van der Waals surface area contributed by atoms with Crippen molar-refractivity contribution in [2.45, 2.75) is 57.3 Å². The van der Waals surface area contributed by atoms with Crippen LogP contribution in [0.3, 0.4) is 0 Å². The smallest absolute Gasteiger partial charge is 0.333 e. The molecule has 3 aliphatic rings. The minimum atomic E-state index is -2.97. The van der Waals surface area contributed by atoms with Crippen molar-refractivity contribution in [1.82, 2.24) is 29.8 Å². The number of piperidine rings is 1. The second kappa shape index (κ2) is 9.77. The minimum Gasteiger partial charge on any atom is -0.348 e. The molecule has 3 aliphatic heterocycles. The van der Waals surface area contributed by atoms with E-state index in [4.69, 9.17) is 0 Å². The quantitative estimate of drug-likeness (QED) is 0.671. The number of rotatable bonds is 6. The number of amides is 2. The van der Waals surface area contributed by atoms with Crippen molar-refractivity contribution >= 4 is 22.7 Å². The Kier molecular flexibility index (Phi) is 6.71. The summed E-state index contributed by atoms with van der Waals surface area (Å²) in [6.07, 6.45) is 3.78. The normalized spacial score (nSPS) is 25.5. The summed E-state index contributed by atoms with van der Waals surface area (Å²) >= 11 is 0. The van der Waals surface area contributed by atoms with Gasteiger partial charge in [0.1, 0.15) is 5.82 Å². The molecule has 1 aromatic carbocycles. The lowest BCUT2D eigenvalue weighted by Gasteiger charge is -2.41. The van der Waals surface area contributed by atoms with Crippen LogP contribution in [0.4, 0.5) is 13.2 Å². The molecule has 0 aliphatic carbocycles. The van der Waals surface area contributed by atoms with Crippen molar-refractivity contribution in [2.75, 3.05) is 39.3 Å². The second-order valence-electron chi connectivity index (χ2n) is 9.84. The Bertz CT molecular complexity index is 1090. The van der Waals surface area contributed by atoms with Crippen LogP contribution in [0.15, 0.2) is 18.2 Å². The van der Waals surface area contributed by atoms with Gasteiger partial charge in [-0.2, -0.15) is 13.9 Å². The van der Waals surface area contributed by atoms with Crippen molar-refractivity contribution < 1.29 is 22.8 Å². The van der Waals surface area contributed by atoms with Crippen LogP contribution in [0, 0.1) is 5.82 Å². The number of fused-ring (bicyclic) bond motifs is 3. The van der Waals surface area contributed by atoms with E-state index in [-0.39, 0.29) is 28.5 Å². The third-order valence-corrected chi connectivity index (χ3v) is 7.78. The number of nitrogens with one attached hydrogen (secondary N) is 1. The maximum atomic E-state index is 13.6. The Balaban J connectivity index is 1.18. The van der Waals surface area contributed by atoms with E-state index in [9.17, 15) is 22.8 Å². The fourth-order valence-corrected chi connectivity index (χ4v) is 5.98. The summed E-state index contributed by atoms with van der Waals surface area (Å²) in [6.45, 7) is 3.91. The maximum absolute atomic E-state index is 13.6. The zero-order valence-electron chi connectivity index (χ0n) is 19.8. The van der Waals surface area contributed by atoms with Crippen molar-refractivity contribution in [3.05, 3.63) is 29.7 Å². The maximum Gasteiger partial charge on any atom is 0.333 e. The number of nitrogens with zero attached hydrogens (tertiary/aromatic N) is 5. The van der Waals surface area contributed by atoms with E-state index < -0.39 is 18.3 Å². The van der Waals surface area contributed by atoms with E-state index in [2.05, 4.69) is 20.2 Å². The van der Waals surface area contributed by atoms with Gasteiger partial charge in [0.25, 0.3) is 5.91 Å². The highest BCUT2D eigenvalue weighted by molar-refractivity contribution is 6.05. The summed E-state index contributed by atoms with van der Waals surface area (Å²) in [4.78, 5) is 31.4. The average Bonchev–Trinajstić information content (AvgIpc) is 3.31. The number of hydrogen-bond acceptors (Lipinski definition) is 5. The molecule has 3 saturated heterocycles. The fourth-order valence-electron chi connectivity index (χ4n) is 5.98. The van der Waals surface area contributed by atoms with E-state index in [0.717, 1.165) is 77.1 Å². The number of carbonyl (C=O) groups is 2. The monoisotopic (exact) mass is 492 g/mol. The highest BCUT2D eigenvalue weighted by atomic mass is 19.3. The molecule has 1 aromatic heterocycles. The van der Waals surface area contributed by atoms with Gasteiger partial charge in [-0.05, 0) is 37.8 Å². The summed E-state index contributed by atoms with van der Waals surface area (Å²) in [5.74, 6) is -1.02. The van der Waals surface area contributed by atoms with Crippen molar-refractivity contribution in [1.29, 1.82) is 0 Å². The summed E-state index contributed by atoms with van der Waals surface area (Å²) in [5, 5.41) is 7.03. The van der Waals surface area contributed by atoms with Gasteiger partial charge in [0.2, 0.25) is 5.91 Å². The third kappa shape index (κ3) is 4.88. The summed E-state index contributed by atoms with van der Waals surface area (Å²) in [7, 11) is 0. The largest absolute Gasteiger partial charge is 0.348 e. The molecule has 190 valence electrons. The number of aromatic nitrogens is 2. The van der Waals surface area contributed by atoms with Crippen LogP contribution < -0.4 is 5.32 Å². The molecule has 8 nitrogen and oxygen atoms in total. The molecule has 3 fully saturated rings. The molecule has 5 rings (SSSR count). The molecule has 1 N–H and O–H groups in total. The Morgan fingerprint density at radius 1 is 1.09 bits per heavy atom. The van der Waals surface area contributed by atoms with Crippen LogP contribution in [0.5, 0.6) is 0 Å². The van der Waals surface area contributed by atoms with Gasteiger partial charge in [-0.3, -0.25) is 19.4 Å². The third-order valence-electron chi connectivity index (χ3n) is 7.78. The lowest BCUT2D eigenvalue weighted by atomic mass is 9.97. The van der Waals surface area contributed by atoms with Gasteiger partial charge >= 0.3 is 6.55 Å². The Morgan fingerprint density at radius 3 is 2.40 bits per heavy atom. The first kappa shape index (κ1) is 24.1. The van der Waals surface area contributed by atoms with Crippen LogP contribution in [0.25, 0.3) is 10.9 Å². The standard InChI is InChI=1S/C24H31F3N6O2/c1-15(34)31-9-6-30(7-10-31)8-11-32-18-3-4-19(32)14-17(13-18)28-23(35)22-20-5-2-16(25)12-21(20)33(29-22)24(26)27/h2,5,12,17-19,24H,3-4,6-11,13-14H2,1H3,(H,28,35)/t17-,18-,19+. The van der Waals surface area contributed by atoms with Crippen LogP contribution in [-0.4, -0.2) is 93.7 Å². The zero-order valence-corrected chi connectivity index (χ0v) is 19.8. The Morgan fingerprint density at radius 2 is 1.77 bits per heavy atom. The fraction of sp³-hybridized carbons (Fsp3) is 0.625. The van der Waals surface area contributed by atoms with Gasteiger partial charge in [-0.1, -0.05) is 0 Å². The molecule has 0 saturated carbocycles. The van der Waals surface area contributed by atoms with Crippen molar-refractivity contribution in [3.63, 3.8) is 0 Å². The molecule has 0 radical (unpaired) electrons. The van der Waals surface area contributed by atoms with Crippen LogP contribution in [0.1, 0.15) is 49.6 Å². The summed E-state index contributed by atoms with van der Waals surface area (Å²) in [6, 6.07) is 4.15. The Hall–Kier alpha value is -2.66. The first-order valence-corrected chi connectivity index (χ1v) is 12.3. The van der Waals surface area contributed by atoms with Gasteiger partial charge in [0.15, 0.2) is 5.69 Å². The van der Waals surface area contributed by atoms with Gasteiger partial charge < -0.3 is 10.2 Å². The van der Waals surface area contributed by atoms with Gasteiger partial charge in [0.05, 0.1) is 5.52 Å². The molecule has 2 bridgehead atoms. The second-order valence-corrected chi connectivity index (χ2v) is 9.84. The molecule has 2 aromatic rings. The van der Waals surface area contributed by atoms with Gasteiger partial charge in [-0.25, -0.2) is 9.07 Å². The van der Waals surface area contributed by atoms with Crippen molar-refractivity contribution in [3.8, 4) is 0 Å². The first-order valence-electron chi connectivity index (χ1n) is 12.3. The molecule has 35 heavy (non-hydrogen) atoms. The van der Waals surface area contributed by atoms with Crippen LogP contribution in [-0.2, 0) is 4.79 Å². The highest BCUT2D eigenvalue weighted by Gasteiger charge is 2.41. The molecular weight excluding hydrogens is 461 g/mol. The SMILES string of the molecule is CC(=O)N1CCN(CCN2[C@@H]3CC[C@H]2C[C@H](NC(=O)c2nn(C(F)F)c4cc(F)ccc24)C3)CC1. The van der Waals surface area contributed by atoms with Gasteiger partial charge in [0, 0.05) is 75.8 Å². The number of hydrogen-bond donors (Lipinski definition) is 1. The molecule has 4 heterocycles. The number of alkyl halides is 2. The molecule has 11 heteroatoms. The van der Waals surface area contributed by atoms with E-state index >= 15 is 0 Å². The van der Waals surface area contributed by atoms with Gasteiger partial charge in [-0.15, -0.1) is 0 Å². The lowest BCUT2D eigenvalue weighted by Crippen LogP contribution is -2.54. The first-order chi connectivity index (χ1) is 16.8. The predicted molar refractivity (Wildman–Crippen MR) is 124 cm³/mol. The summed E-state index contributed by atoms with van der Waals surface area (Å²) in [5.41, 5.74) is -0.191. The molecule has 3 atom stereocenters. The van der Waals surface area contributed by atoms with E-state index in [1.165, 1.54) is 6.07 Å². The molecular formula is C24H31F3N6O2. The predicted octanol–water partition coefficient (Wildman–Crippen LogP) is 2.46. The number of benzene rings is 1. The van der Waals surface area contributed by atoms with E-state index in [0.29, 0.717) is 16.8 Å². The summed E-state index contributed by atoms with van der Waals surface area (Å²) < 4.78 is 40.8. The number of halogens is 3. The van der Waals surface area contributed by atoms with E-state index in [1.807, 2.05) is 4.90 Å². The lowest BCUT2D eigenvalue weighted by molar-refractivity contribution is -0.130. The Labute approximate surface area is 202 Å². The van der Waals surface area contributed by atoms with Crippen LogP contribution >= 0.6 is 0 Å². The van der Waals surface area contributed by atoms with Crippen LogP contribution in [0.2, 0.25) is 0 Å². The molecule has 0 unspecified atom stereocenters. The number of carbonyl (C=O) groups excluding carboxylic acids is 2. The molecule has 2 amide bonds.